The minimum Gasteiger partial charge on any atom is -0.489 e. The number of benzene rings is 1. The predicted octanol–water partition coefficient (Wildman–Crippen LogP) is 3.63. The minimum absolute atomic E-state index is 0.0738. The number of hydrogen-bond acceptors (Lipinski definition) is 5. The van der Waals surface area contributed by atoms with Crippen molar-refractivity contribution in [1.82, 2.24) is 0 Å². The van der Waals surface area contributed by atoms with Crippen molar-refractivity contribution in [3.63, 3.8) is 0 Å². The van der Waals surface area contributed by atoms with Gasteiger partial charge in [-0.2, -0.15) is 0 Å². The summed E-state index contributed by atoms with van der Waals surface area (Å²) < 4.78 is 10.7. The van der Waals surface area contributed by atoms with Gasteiger partial charge in [-0.15, -0.1) is 11.3 Å². The first kappa shape index (κ1) is 18.0. The lowest BCUT2D eigenvalue weighted by atomic mass is 10.1. The Balaban J connectivity index is 2.31. The number of aromatic carboxylic acids is 1. The molecule has 7 heteroatoms. The first-order valence-electron chi connectivity index (χ1n) is 7.33. The fraction of sp³-hybridized carbons (Fsp3) is 0.294. The van der Waals surface area contributed by atoms with Gasteiger partial charge in [-0.05, 0) is 43.5 Å². The van der Waals surface area contributed by atoms with Crippen LogP contribution in [0.1, 0.15) is 39.4 Å². The number of methoxy groups -OCH3 is 1. The van der Waals surface area contributed by atoms with Crippen molar-refractivity contribution in [1.29, 1.82) is 0 Å². The maximum absolute atomic E-state index is 12.5. The van der Waals surface area contributed by atoms with Gasteiger partial charge >= 0.3 is 5.97 Å². The Labute approximate surface area is 144 Å². The number of carboxylic acid groups (broad SMARTS) is 1. The van der Waals surface area contributed by atoms with Crippen molar-refractivity contribution >= 4 is 28.9 Å². The van der Waals surface area contributed by atoms with Crippen LogP contribution >= 0.6 is 11.3 Å². The molecule has 0 spiro atoms. The van der Waals surface area contributed by atoms with Crippen LogP contribution in [-0.2, 0) is 11.3 Å². The summed E-state index contributed by atoms with van der Waals surface area (Å²) in [5.41, 5.74) is 1.18. The molecule has 2 rings (SSSR count). The number of amides is 1. The third-order valence-electron chi connectivity index (χ3n) is 3.09. The summed E-state index contributed by atoms with van der Waals surface area (Å²) in [7, 11) is 1.56. The van der Waals surface area contributed by atoms with Gasteiger partial charge in [0.05, 0.1) is 28.8 Å². The van der Waals surface area contributed by atoms with Crippen molar-refractivity contribution in [2.75, 3.05) is 12.4 Å². The third kappa shape index (κ3) is 4.33. The van der Waals surface area contributed by atoms with Crippen LogP contribution in [0.3, 0.4) is 0 Å². The summed E-state index contributed by atoms with van der Waals surface area (Å²) in [6.07, 6.45) is -0.109. The Morgan fingerprint density at radius 2 is 2.04 bits per heavy atom. The van der Waals surface area contributed by atoms with E-state index in [0.29, 0.717) is 22.9 Å². The van der Waals surface area contributed by atoms with E-state index in [1.54, 1.807) is 13.2 Å². The van der Waals surface area contributed by atoms with Crippen molar-refractivity contribution in [2.24, 2.45) is 0 Å². The van der Waals surface area contributed by atoms with Crippen LogP contribution in [-0.4, -0.2) is 30.2 Å². The summed E-state index contributed by atoms with van der Waals surface area (Å²) in [4.78, 5) is 24.2. The van der Waals surface area contributed by atoms with Gasteiger partial charge in [0.15, 0.2) is 0 Å². The number of thiophene rings is 1. The molecule has 0 fully saturated rings. The Morgan fingerprint density at radius 3 is 2.67 bits per heavy atom. The third-order valence-corrected chi connectivity index (χ3v) is 4.05. The van der Waals surface area contributed by atoms with Gasteiger partial charge in [0.1, 0.15) is 5.75 Å². The number of rotatable bonds is 7. The van der Waals surface area contributed by atoms with E-state index in [4.69, 9.17) is 14.6 Å². The molecule has 0 saturated carbocycles. The first-order chi connectivity index (χ1) is 11.4. The van der Waals surface area contributed by atoms with E-state index in [9.17, 15) is 9.59 Å². The molecule has 0 atom stereocenters. The molecule has 0 radical (unpaired) electrons. The Kier molecular flexibility index (Phi) is 5.94. The van der Waals surface area contributed by atoms with E-state index in [1.165, 1.54) is 23.5 Å². The highest BCUT2D eigenvalue weighted by Crippen LogP contribution is 2.29. The topological polar surface area (TPSA) is 84.9 Å². The van der Waals surface area contributed by atoms with Gasteiger partial charge in [-0.3, -0.25) is 4.79 Å². The smallest absolute Gasteiger partial charge is 0.335 e. The average Bonchev–Trinajstić information content (AvgIpc) is 2.97. The number of carbonyl (C=O) groups is 2. The number of carboxylic acids is 1. The van der Waals surface area contributed by atoms with Crippen molar-refractivity contribution in [2.45, 2.75) is 26.6 Å². The molecule has 6 nitrogen and oxygen atoms in total. The Bertz CT molecular complexity index is 738. The molecule has 0 aliphatic heterocycles. The molecule has 2 aromatic rings. The molecular weight excluding hydrogens is 330 g/mol. The van der Waals surface area contributed by atoms with Gasteiger partial charge in [0.25, 0.3) is 5.91 Å². The van der Waals surface area contributed by atoms with E-state index in [0.717, 1.165) is 5.56 Å². The maximum Gasteiger partial charge on any atom is 0.335 e. The van der Waals surface area contributed by atoms with Crippen LogP contribution in [0, 0.1) is 0 Å². The average molecular weight is 349 g/mol. The highest BCUT2D eigenvalue weighted by Gasteiger charge is 2.17. The van der Waals surface area contributed by atoms with Crippen LogP contribution in [0.25, 0.3) is 0 Å². The lowest BCUT2D eigenvalue weighted by molar-refractivity contribution is 0.0696. The highest BCUT2D eigenvalue weighted by molar-refractivity contribution is 7.12. The zero-order valence-electron chi connectivity index (χ0n) is 13.7. The molecule has 1 aromatic carbocycles. The molecule has 1 heterocycles. The summed E-state index contributed by atoms with van der Waals surface area (Å²) in [6, 6.07) is 6.20. The summed E-state index contributed by atoms with van der Waals surface area (Å²) in [5.74, 6) is -0.973. The van der Waals surface area contributed by atoms with Gasteiger partial charge in [-0.25, -0.2) is 4.79 Å². The zero-order valence-corrected chi connectivity index (χ0v) is 14.5. The van der Waals surface area contributed by atoms with Gasteiger partial charge in [-0.1, -0.05) is 0 Å². The number of hydrogen-bond donors (Lipinski definition) is 2. The van der Waals surface area contributed by atoms with Gasteiger partial charge in [0, 0.05) is 12.7 Å². The fourth-order valence-electron chi connectivity index (χ4n) is 2.10. The second kappa shape index (κ2) is 7.94. The standard InChI is InChI=1S/C17H19NO5S/c1-10(2)23-14-5-4-11(17(20)21)8-13(14)18-16(19)15-12(9-22-3)6-7-24-15/h4-8,10H,9H2,1-3H3,(H,18,19)(H,20,21). The molecule has 0 aliphatic carbocycles. The van der Waals surface area contributed by atoms with Crippen LogP contribution < -0.4 is 10.1 Å². The van der Waals surface area contributed by atoms with E-state index in [2.05, 4.69) is 5.32 Å². The van der Waals surface area contributed by atoms with Crippen LogP contribution in [0.5, 0.6) is 5.75 Å². The lowest BCUT2D eigenvalue weighted by Gasteiger charge is -2.15. The molecule has 1 aromatic heterocycles. The molecule has 128 valence electrons. The Morgan fingerprint density at radius 1 is 1.29 bits per heavy atom. The molecule has 0 bridgehead atoms. The SMILES string of the molecule is COCc1ccsc1C(=O)Nc1cc(C(=O)O)ccc1OC(C)C. The summed E-state index contributed by atoms with van der Waals surface area (Å²) >= 11 is 1.30. The molecule has 0 aliphatic rings. The lowest BCUT2D eigenvalue weighted by Crippen LogP contribution is -2.15. The van der Waals surface area contributed by atoms with E-state index in [-0.39, 0.29) is 17.6 Å². The monoisotopic (exact) mass is 349 g/mol. The molecule has 0 saturated heterocycles. The molecule has 2 N–H and O–H groups in total. The van der Waals surface area contributed by atoms with Crippen molar-refractivity contribution in [3.05, 3.63) is 45.6 Å². The minimum atomic E-state index is -1.07. The molecule has 24 heavy (non-hydrogen) atoms. The van der Waals surface area contributed by atoms with Crippen molar-refractivity contribution in [3.8, 4) is 5.75 Å². The quantitative estimate of drug-likeness (QED) is 0.797. The molecule has 0 unspecified atom stereocenters. The second-order valence-electron chi connectivity index (χ2n) is 5.34. The highest BCUT2D eigenvalue weighted by atomic mass is 32.1. The van der Waals surface area contributed by atoms with Crippen LogP contribution in [0.2, 0.25) is 0 Å². The fourth-order valence-corrected chi connectivity index (χ4v) is 2.91. The first-order valence-corrected chi connectivity index (χ1v) is 8.21. The van der Waals surface area contributed by atoms with E-state index >= 15 is 0 Å². The number of anilines is 1. The summed E-state index contributed by atoms with van der Waals surface area (Å²) in [5, 5.41) is 13.7. The predicted molar refractivity (Wildman–Crippen MR) is 92.2 cm³/mol. The largest absolute Gasteiger partial charge is 0.489 e. The van der Waals surface area contributed by atoms with E-state index in [1.807, 2.05) is 25.3 Å². The molecule has 1 amide bonds. The second-order valence-corrected chi connectivity index (χ2v) is 6.26. The molecular formula is C17H19NO5S. The van der Waals surface area contributed by atoms with Crippen molar-refractivity contribution < 1.29 is 24.2 Å². The zero-order chi connectivity index (χ0) is 17.7. The normalized spacial score (nSPS) is 10.7. The van der Waals surface area contributed by atoms with Gasteiger partial charge < -0.3 is 19.9 Å². The maximum atomic E-state index is 12.5. The van der Waals surface area contributed by atoms with Gasteiger partial charge in [0.2, 0.25) is 0 Å². The number of carbonyl (C=O) groups excluding carboxylic acids is 1. The number of ether oxygens (including phenoxy) is 2. The number of nitrogens with one attached hydrogen (secondary N) is 1. The van der Waals surface area contributed by atoms with Crippen LogP contribution in [0.15, 0.2) is 29.6 Å². The van der Waals surface area contributed by atoms with E-state index < -0.39 is 5.97 Å². The Hall–Kier alpha value is -2.38. The van der Waals surface area contributed by atoms with Crippen LogP contribution in [0.4, 0.5) is 5.69 Å². The summed E-state index contributed by atoms with van der Waals surface area (Å²) in [6.45, 7) is 4.04.